The topological polar surface area (TPSA) is 96.2 Å². The summed E-state index contributed by atoms with van der Waals surface area (Å²) in [5.74, 6) is -0.756. The Bertz CT molecular complexity index is 1280. The van der Waals surface area contributed by atoms with Crippen LogP contribution in [-0.4, -0.2) is 56.8 Å². The van der Waals surface area contributed by atoms with E-state index in [2.05, 4.69) is 25.2 Å². The third-order valence-corrected chi connectivity index (χ3v) is 5.43. The molecule has 0 unspecified atom stereocenters. The van der Waals surface area contributed by atoms with Crippen molar-refractivity contribution in [2.75, 3.05) is 31.1 Å². The van der Waals surface area contributed by atoms with Gasteiger partial charge in [0.05, 0.1) is 22.8 Å². The van der Waals surface area contributed by atoms with Crippen LogP contribution in [0.15, 0.2) is 55.2 Å². The van der Waals surface area contributed by atoms with Crippen LogP contribution < -0.4 is 10.2 Å². The number of piperazine rings is 1. The lowest BCUT2D eigenvalue weighted by atomic mass is 10.1. The average Bonchev–Trinajstić information content (AvgIpc) is 3.19. The summed E-state index contributed by atoms with van der Waals surface area (Å²) in [5, 5.41) is 13.7. The number of aromatic nitrogens is 4. The van der Waals surface area contributed by atoms with Gasteiger partial charge in [-0.05, 0) is 12.1 Å². The third kappa shape index (κ3) is 3.28. The molecular weight excluding hydrogens is 399 g/mol. The number of nitrogens with one attached hydrogen (secondary N) is 1. The highest BCUT2D eigenvalue weighted by Crippen LogP contribution is 2.38. The molecule has 0 aliphatic carbocycles. The van der Waals surface area contributed by atoms with Gasteiger partial charge in [0.1, 0.15) is 18.0 Å². The lowest BCUT2D eigenvalue weighted by Gasteiger charge is -2.29. The molecule has 0 atom stereocenters. The fraction of sp³-hybridized carbons (Fsp3) is 0.182. The van der Waals surface area contributed by atoms with Gasteiger partial charge in [0, 0.05) is 49.7 Å². The number of rotatable bonds is 4. The van der Waals surface area contributed by atoms with E-state index in [1.807, 2.05) is 0 Å². The number of hydrogen-bond acceptors (Lipinski definition) is 6. The first kappa shape index (κ1) is 19.1. The molecule has 1 fully saturated rings. The molecule has 0 saturated carbocycles. The number of carboxylic acids is 1. The molecule has 4 heterocycles. The number of anilines is 1. The molecule has 9 heteroatoms. The van der Waals surface area contributed by atoms with Gasteiger partial charge in [-0.2, -0.15) is 0 Å². The highest BCUT2D eigenvalue weighted by molar-refractivity contribution is 6.03. The van der Waals surface area contributed by atoms with Crippen molar-refractivity contribution in [1.82, 2.24) is 24.8 Å². The molecule has 0 radical (unpaired) electrons. The van der Waals surface area contributed by atoms with Crippen LogP contribution in [0.3, 0.4) is 0 Å². The van der Waals surface area contributed by atoms with E-state index in [1.165, 1.54) is 30.9 Å². The van der Waals surface area contributed by atoms with E-state index < -0.39 is 5.97 Å². The van der Waals surface area contributed by atoms with E-state index in [1.54, 1.807) is 29.0 Å². The number of carbonyl (C=O) groups is 1. The van der Waals surface area contributed by atoms with Crippen molar-refractivity contribution < 1.29 is 14.3 Å². The lowest BCUT2D eigenvalue weighted by molar-refractivity contribution is 0.0697. The zero-order valence-electron chi connectivity index (χ0n) is 16.5. The molecule has 5 rings (SSSR count). The van der Waals surface area contributed by atoms with E-state index in [-0.39, 0.29) is 11.4 Å². The molecule has 1 aliphatic heterocycles. The highest BCUT2D eigenvalue weighted by atomic mass is 19.1. The van der Waals surface area contributed by atoms with E-state index in [0.29, 0.717) is 33.7 Å². The molecule has 0 bridgehead atoms. The summed E-state index contributed by atoms with van der Waals surface area (Å²) >= 11 is 0. The Morgan fingerprint density at radius 2 is 1.90 bits per heavy atom. The lowest BCUT2D eigenvalue weighted by Crippen LogP contribution is -2.44. The first-order chi connectivity index (χ1) is 15.1. The number of aromatic carboxylic acids is 1. The number of nitrogens with zero attached hydrogens (tertiary/aromatic N) is 5. The Morgan fingerprint density at radius 3 is 2.68 bits per heavy atom. The third-order valence-electron chi connectivity index (χ3n) is 5.43. The summed E-state index contributed by atoms with van der Waals surface area (Å²) in [6, 6.07) is 7.94. The second kappa shape index (κ2) is 7.77. The van der Waals surface area contributed by atoms with Gasteiger partial charge in [0.15, 0.2) is 5.65 Å². The van der Waals surface area contributed by atoms with E-state index in [0.717, 1.165) is 26.2 Å². The molecule has 2 N–H and O–H groups in total. The van der Waals surface area contributed by atoms with Crippen molar-refractivity contribution in [1.29, 1.82) is 0 Å². The van der Waals surface area contributed by atoms with E-state index in [4.69, 9.17) is 0 Å². The number of hydrogen-bond donors (Lipinski definition) is 2. The standard InChI is InChI=1S/C22H19FN6O2/c23-17-4-2-1-3-14(17)16-12-29(18-11-25-6-5-15(18)22(30)31)21-19(16)20(26-13-27-21)28-9-7-24-8-10-28/h1-6,11-13,24H,7-10H2,(H,30,31). The monoisotopic (exact) mass is 418 g/mol. The summed E-state index contributed by atoms with van der Waals surface area (Å²) in [5.41, 5.74) is 1.93. The Balaban J connectivity index is 1.83. The summed E-state index contributed by atoms with van der Waals surface area (Å²) < 4.78 is 16.5. The number of benzene rings is 1. The molecule has 1 saturated heterocycles. The van der Waals surface area contributed by atoms with Crippen LogP contribution in [0, 0.1) is 5.82 Å². The largest absolute Gasteiger partial charge is 0.478 e. The van der Waals surface area contributed by atoms with Gasteiger partial charge in [0.25, 0.3) is 0 Å². The van der Waals surface area contributed by atoms with Gasteiger partial charge in [-0.25, -0.2) is 19.2 Å². The minimum atomic E-state index is -1.08. The quantitative estimate of drug-likeness (QED) is 0.526. The van der Waals surface area contributed by atoms with Crippen LogP contribution >= 0.6 is 0 Å². The second-order valence-electron chi connectivity index (χ2n) is 7.22. The molecule has 8 nitrogen and oxygen atoms in total. The maximum absolute atomic E-state index is 14.8. The normalized spacial score (nSPS) is 14.2. The van der Waals surface area contributed by atoms with Crippen LogP contribution in [0.25, 0.3) is 27.8 Å². The summed E-state index contributed by atoms with van der Waals surface area (Å²) in [4.78, 5) is 27.1. The van der Waals surface area contributed by atoms with Crippen molar-refractivity contribution in [3.63, 3.8) is 0 Å². The van der Waals surface area contributed by atoms with E-state index in [9.17, 15) is 14.3 Å². The number of pyridine rings is 1. The predicted octanol–water partition coefficient (Wildman–Crippen LogP) is 2.73. The zero-order valence-corrected chi connectivity index (χ0v) is 16.5. The average molecular weight is 418 g/mol. The Morgan fingerprint density at radius 1 is 1.10 bits per heavy atom. The molecule has 1 aromatic carbocycles. The summed E-state index contributed by atoms with van der Waals surface area (Å²) in [6.45, 7) is 3.13. The van der Waals surface area contributed by atoms with Crippen molar-refractivity contribution in [2.24, 2.45) is 0 Å². The minimum absolute atomic E-state index is 0.0781. The van der Waals surface area contributed by atoms with Gasteiger partial charge in [0.2, 0.25) is 0 Å². The number of fused-ring (bicyclic) bond motifs is 1. The fourth-order valence-electron chi connectivity index (χ4n) is 3.99. The van der Waals surface area contributed by atoms with Gasteiger partial charge in [-0.1, -0.05) is 18.2 Å². The van der Waals surface area contributed by atoms with Crippen molar-refractivity contribution in [3.8, 4) is 16.8 Å². The van der Waals surface area contributed by atoms with Crippen LogP contribution in [0.1, 0.15) is 10.4 Å². The van der Waals surface area contributed by atoms with Gasteiger partial charge in [-0.3, -0.25) is 9.55 Å². The SMILES string of the molecule is O=C(O)c1ccncc1-n1cc(-c2ccccc2F)c2c(N3CCNCC3)ncnc21. The molecule has 0 amide bonds. The van der Waals surface area contributed by atoms with Gasteiger partial charge in [-0.15, -0.1) is 0 Å². The van der Waals surface area contributed by atoms with Crippen molar-refractivity contribution >= 4 is 22.8 Å². The maximum atomic E-state index is 14.8. The van der Waals surface area contributed by atoms with Crippen LogP contribution in [0.2, 0.25) is 0 Å². The van der Waals surface area contributed by atoms with Crippen LogP contribution in [-0.2, 0) is 0 Å². The Hall–Kier alpha value is -3.85. The maximum Gasteiger partial charge on any atom is 0.337 e. The predicted molar refractivity (Wildman–Crippen MR) is 114 cm³/mol. The smallest absolute Gasteiger partial charge is 0.337 e. The van der Waals surface area contributed by atoms with E-state index >= 15 is 0 Å². The van der Waals surface area contributed by atoms with Crippen molar-refractivity contribution in [2.45, 2.75) is 0 Å². The molecule has 3 aromatic heterocycles. The molecule has 4 aromatic rings. The molecule has 156 valence electrons. The van der Waals surface area contributed by atoms with Gasteiger partial charge < -0.3 is 15.3 Å². The molecular formula is C22H19FN6O2. The summed E-state index contributed by atoms with van der Waals surface area (Å²) in [6.07, 6.45) is 6.07. The molecule has 1 aliphatic rings. The Labute approximate surface area is 177 Å². The van der Waals surface area contributed by atoms with Gasteiger partial charge >= 0.3 is 5.97 Å². The molecule has 31 heavy (non-hydrogen) atoms. The minimum Gasteiger partial charge on any atom is -0.478 e. The first-order valence-corrected chi connectivity index (χ1v) is 9.89. The fourth-order valence-corrected chi connectivity index (χ4v) is 3.99. The number of halogens is 1. The highest BCUT2D eigenvalue weighted by Gasteiger charge is 2.24. The zero-order chi connectivity index (χ0) is 21.4. The van der Waals surface area contributed by atoms with Crippen LogP contribution in [0.4, 0.5) is 10.2 Å². The Kier molecular flexibility index (Phi) is 4.79. The second-order valence-corrected chi connectivity index (χ2v) is 7.22. The molecule has 0 spiro atoms. The van der Waals surface area contributed by atoms with Crippen molar-refractivity contribution in [3.05, 3.63) is 66.6 Å². The number of carboxylic acid groups (broad SMARTS) is 1. The summed E-state index contributed by atoms with van der Waals surface area (Å²) in [7, 11) is 0. The first-order valence-electron chi connectivity index (χ1n) is 9.89. The van der Waals surface area contributed by atoms with Crippen LogP contribution in [0.5, 0.6) is 0 Å².